The third-order valence-electron chi connectivity index (χ3n) is 4.35. The molecule has 2 amide bonds. The van der Waals surface area contributed by atoms with Crippen molar-refractivity contribution in [1.82, 2.24) is 0 Å². The number of ether oxygens (including phenoxy) is 2. The number of carbonyl (C=O) groups is 2. The molecule has 0 aliphatic carbocycles. The Kier molecular flexibility index (Phi) is 5.55. The largest absolute Gasteiger partial charge is 0.497 e. The van der Waals surface area contributed by atoms with Crippen molar-refractivity contribution in [1.29, 1.82) is 0 Å². The predicted molar refractivity (Wildman–Crippen MR) is 104 cm³/mol. The van der Waals surface area contributed by atoms with Crippen molar-refractivity contribution >= 4 is 33.0 Å². The lowest BCUT2D eigenvalue weighted by Gasteiger charge is -2.26. The smallest absolute Gasteiger partial charge is 0.264 e. The Hall–Kier alpha value is -3.07. The van der Waals surface area contributed by atoms with Crippen LogP contribution in [0.15, 0.2) is 47.4 Å². The molecule has 0 fully saturated rings. The number of anilines is 2. The number of likely N-dealkylation sites (N-methyl/N-ethyl adjacent to an activating group) is 1. The minimum atomic E-state index is -3.59. The molecule has 1 heterocycles. The van der Waals surface area contributed by atoms with E-state index in [4.69, 9.17) is 9.47 Å². The first-order valence-corrected chi connectivity index (χ1v) is 10.2. The average molecular weight is 404 g/mol. The van der Waals surface area contributed by atoms with Crippen LogP contribution < -0.4 is 19.7 Å². The summed E-state index contributed by atoms with van der Waals surface area (Å²) in [6.45, 7) is -0.0293. The van der Waals surface area contributed by atoms with Crippen LogP contribution in [-0.4, -0.2) is 46.7 Å². The van der Waals surface area contributed by atoms with Gasteiger partial charge in [-0.15, -0.1) is 0 Å². The van der Waals surface area contributed by atoms with Crippen LogP contribution in [0.2, 0.25) is 0 Å². The van der Waals surface area contributed by atoms with E-state index in [-0.39, 0.29) is 29.6 Å². The van der Waals surface area contributed by atoms with Gasteiger partial charge in [0, 0.05) is 19.2 Å². The molecule has 1 aliphatic heterocycles. The van der Waals surface area contributed by atoms with Gasteiger partial charge in [-0.1, -0.05) is 0 Å². The van der Waals surface area contributed by atoms with Crippen LogP contribution in [0.4, 0.5) is 11.4 Å². The van der Waals surface area contributed by atoms with E-state index in [2.05, 4.69) is 5.32 Å². The summed E-state index contributed by atoms with van der Waals surface area (Å²) >= 11 is 0. The van der Waals surface area contributed by atoms with Gasteiger partial charge in [0.15, 0.2) is 16.4 Å². The number of rotatable bonds is 6. The zero-order valence-corrected chi connectivity index (χ0v) is 16.3. The fraction of sp³-hybridized carbons (Fsp3) is 0.263. The van der Waals surface area contributed by atoms with Gasteiger partial charge < -0.3 is 19.7 Å². The minimum absolute atomic E-state index is 0.0293. The van der Waals surface area contributed by atoms with Crippen molar-refractivity contribution in [2.75, 3.05) is 36.7 Å². The Morgan fingerprint density at radius 1 is 1.21 bits per heavy atom. The summed E-state index contributed by atoms with van der Waals surface area (Å²) < 4.78 is 35.1. The van der Waals surface area contributed by atoms with Crippen molar-refractivity contribution < 1.29 is 27.5 Å². The second-order valence-corrected chi connectivity index (χ2v) is 8.33. The van der Waals surface area contributed by atoms with Crippen molar-refractivity contribution in [3.8, 4) is 11.5 Å². The predicted octanol–water partition coefficient (Wildman–Crippen LogP) is 1.85. The summed E-state index contributed by atoms with van der Waals surface area (Å²) in [5.41, 5.74) is 0.996. The van der Waals surface area contributed by atoms with Gasteiger partial charge in [-0.25, -0.2) is 8.42 Å². The number of nitrogens with zero attached hydrogens (tertiary/aromatic N) is 1. The molecule has 1 aliphatic rings. The highest BCUT2D eigenvalue weighted by Crippen LogP contribution is 2.33. The van der Waals surface area contributed by atoms with E-state index >= 15 is 0 Å². The first-order chi connectivity index (χ1) is 13.3. The molecule has 28 heavy (non-hydrogen) atoms. The van der Waals surface area contributed by atoms with Crippen LogP contribution in [0, 0.1) is 0 Å². The SMILES string of the molecule is COc1ccc(S(=O)(=O)CCC(=O)Nc2ccc3c(c2)N(C)C(=O)CO3)cc1. The summed E-state index contributed by atoms with van der Waals surface area (Å²) in [6, 6.07) is 10.9. The number of sulfone groups is 1. The van der Waals surface area contributed by atoms with E-state index in [0.29, 0.717) is 22.9 Å². The van der Waals surface area contributed by atoms with Crippen molar-refractivity contribution in [3.63, 3.8) is 0 Å². The first kappa shape index (κ1) is 19.7. The number of carbonyl (C=O) groups excluding carboxylic acids is 2. The molecule has 0 spiro atoms. The monoisotopic (exact) mass is 404 g/mol. The van der Waals surface area contributed by atoms with Crippen molar-refractivity contribution in [2.45, 2.75) is 11.3 Å². The molecule has 2 aromatic rings. The summed E-state index contributed by atoms with van der Waals surface area (Å²) in [4.78, 5) is 25.5. The Balaban J connectivity index is 1.63. The van der Waals surface area contributed by atoms with E-state index in [1.54, 1.807) is 37.4 Å². The highest BCUT2D eigenvalue weighted by molar-refractivity contribution is 7.91. The summed E-state index contributed by atoms with van der Waals surface area (Å²) in [5.74, 6) is 0.139. The van der Waals surface area contributed by atoms with Gasteiger partial charge in [-0.2, -0.15) is 0 Å². The van der Waals surface area contributed by atoms with Gasteiger partial charge in [0.25, 0.3) is 5.91 Å². The number of amides is 2. The maximum Gasteiger partial charge on any atom is 0.264 e. The van der Waals surface area contributed by atoms with Crippen LogP contribution in [0.3, 0.4) is 0 Å². The van der Waals surface area contributed by atoms with E-state index in [1.165, 1.54) is 24.1 Å². The second kappa shape index (κ2) is 7.89. The average Bonchev–Trinajstić information content (AvgIpc) is 2.70. The van der Waals surface area contributed by atoms with Crippen LogP contribution >= 0.6 is 0 Å². The van der Waals surface area contributed by atoms with Gasteiger partial charge in [0.05, 0.1) is 23.4 Å². The molecule has 0 saturated carbocycles. The number of hydrogen-bond donors (Lipinski definition) is 1. The van der Waals surface area contributed by atoms with Gasteiger partial charge in [0.2, 0.25) is 5.91 Å². The van der Waals surface area contributed by atoms with Gasteiger partial charge >= 0.3 is 0 Å². The molecule has 3 rings (SSSR count). The number of fused-ring (bicyclic) bond motifs is 1. The molecule has 0 unspecified atom stereocenters. The summed E-state index contributed by atoms with van der Waals surface area (Å²) in [6.07, 6.45) is -0.198. The highest BCUT2D eigenvalue weighted by atomic mass is 32.2. The lowest BCUT2D eigenvalue weighted by molar-refractivity contribution is -0.121. The van der Waals surface area contributed by atoms with E-state index < -0.39 is 15.7 Å². The molecule has 148 valence electrons. The lowest BCUT2D eigenvalue weighted by Crippen LogP contribution is -2.35. The molecular weight excluding hydrogens is 384 g/mol. The summed E-state index contributed by atoms with van der Waals surface area (Å²) in [7, 11) is -0.476. The van der Waals surface area contributed by atoms with E-state index in [9.17, 15) is 18.0 Å². The lowest BCUT2D eigenvalue weighted by atomic mass is 10.2. The van der Waals surface area contributed by atoms with E-state index in [0.717, 1.165) is 0 Å². The van der Waals surface area contributed by atoms with Gasteiger partial charge in [-0.3, -0.25) is 9.59 Å². The molecule has 0 atom stereocenters. The third-order valence-corrected chi connectivity index (χ3v) is 6.08. The van der Waals surface area contributed by atoms with Crippen molar-refractivity contribution in [2.24, 2.45) is 0 Å². The molecule has 8 nitrogen and oxygen atoms in total. The standard InChI is InChI=1S/C19H20N2O6S/c1-21-16-11-13(3-8-17(16)27-12-19(21)23)20-18(22)9-10-28(24,25)15-6-4-14(26-2)5-7-15/h3-8,11H,9-10,12H2,1-2H3,(H,20,22). The van der Waals surface area contributed by atoms with E-state index in [1.807, 2.05) is 0 Å². The maximum atomic E-state index is 12.4. The minimum Gasteiger partial charge on any atom is -0.497 e. The third kappa shape index (κ3) is 4.25. The molecule has 0 bridgehead atoms. The fourth-order valence-electron chi connectivity index (χ4n) is 2.70. The topological polar surface area (TPSA) is 102 Å². The van der Waals surface area contributed by atoms with Gasteiger partial charge in [-0.05, 0) is 42.5 Å². The molecule has 0 aromatic heterocycles. The van der Waals surface area contributed by atoms with Crippen LogP contribution in [0.5, 0.6) is 11.5 Å². The normalized spacial score (nSPS) is 13.5. The highest BCUT2D eigenvalue weighted by Gasteiger charge is 2.23. The molecule has 1 N–H and O–H groups in total. The molecule has 0 radical (unpaired) electrons. The zero-order valence-electron chi connectivity index (χ0n) is 15.5. The quantitative estimate of drug-likeness (QED) is 0.788. The number of benzene rings is 2. The molecular formula is C19H20N2O6S. The summed E-state index contributed by atoms with van der Waals surface area (Å²) in [5, 5.41) is 2.65. The van der Waals surface area contributed by atoms with Crippen LogP contribution in [-0.2, 0) is 19.4 Å². The van der Waals surface area contributed by atoms with Gasteiger partial charge in [0.1, 0.15) is 11.5 Å². The fourth-order valence-corrected chi connectivity index (χ4v) is 3.94. The Morgan fingerprint density at radius 3 is 2.61 bits per heavy atom. The van der Waals surface area contributed by atoms with Crippen LogP contribution in [0.25, 0.3) is 0 Å². The first-order valence-electron chi connectivity index (χ1n) is 8.50. The number of hydrogen-bond acceptors (Lipinski definition) is 6. The maximum absolute atomic E-state index is 12.4. The Morgan fingerprint density at radius 2 is 1.93 bits per heavy atom. The zero-order chi connectivity index (χ0) is 20.3. The Bertz CT molecular complexity index is 1000. The van der Waals surface area contributed by atoms with Crippen LogP contribution in [0.1, 0.15) is 6.42 Å². The van der Waals surface area contributed by atoms with Crippen molar-refractivity contribution in [3.05, 3.63) is 42.5 Å². The number of methoxy groups -OCH3 is 1. The molecule has 9 heteroatoms. The second-order valence-electron chi connectivity index (χ2n) is 6.22. The molecule has 0 saturated heterocycles. The number of nitrogens with one attached hydrogen (secondary N) is 1. The Labute approximate surface area is 163 Å². The molecule has 2 aromatic carbocycles.